The number of rotatable bonds is 1. The van der Waals surface area contributed by atoms with Gasteiger partial charge in [-0.2, -0.15) is 0 Å². The predicted molar refractivity (Wildman–Crippen MR) is 42.2 cm³/mol. The van der Waals surface area contributed by atoms with Gasteiger partial charge in [0.25, 0.3) is 0 Å². The third-order valence-corrected chi connectivity index (χ3v) is 2.42. The van der Waals surface area contributed by atoms with E-state index in [2.05, 4.69) is 41.4 Å². The highest BCUT2D eigenvalue weighted by Crippen LogP contribution is 2.02. The molecule has 1 nitrogen and oxygen atoms in total. The molecule has 0 rings (SSSR count). The fourth-order valence-electron chi connectivity index (χ4n) is 0.258. The SMILES string of the molecule is CN=C(I)C(C)C. The lowest BCUT2D eigenvalue weighted by Crippen LogP contribution is -1.95. The van der Waals surface area contributed by atoms with Crippen LogP contribution >= 0.6 is 22.6 Å². The molecule has 0 saturated carbocycles. The summed E-state index contributed by atoms with van der Waals surface area (Å²) in [6.07, 6.45) is 0. The molecule has 0 spiro atoms. The van der Waals surface area contributed by atoms with Gasteiger partial charge in [-0.3, -0.25) is 4.99 Å². The minimum atomic E-state index is 0.602. The Kier molecular flexibility index (Phi) is 3.60. The highest BCUT2D eigenvalue weighted by atomic mass is 127. The number of nitrogens with zero attached hydrogens (tertiary/aromatic N) is 1. The zero-order valence-electron chi connectivity index (χ0n) is 4.90. The van der Waals surface area contributed by atoms with E-state index in [0.717, 1.165) is 0 Å². The predicted octanol–water partition coefficient (Wildman–Crippen LogP) is 2.11. The summed E-state index contributed by atoms with van der Waals surface area (Å²) < 4.78 is 1.19. The highest BCUT2D eigenvalue weighted by molar-refractivity contribution is 14.1. The molecule has 7 heavy (non-hydrogen) atoms. The van der Waals surface area contributed by atoms with E-state index in [0.29, 0.717) is 5.92 Å². The topological polar surface area (TPSA) is 12.4 Å². The molecular weight excluding hydrogens is 201 g/mol. The molecule has 0 radical (unpaired) electrons. The quantitative estimate of drug-likeness (QED) is 0.465. The summed E-state index contributed by atoms with van der Waals surface area (Å²) >= 11 is 2.25. The molecule has 0 atom stereocenters. The first-order valence-electron chi connectivity index (χ1n) is 2.30. The van der Waals surface area contributed by atoms with Crippen LogP contribution < -0.4 is 0 Å². The summed E-state index contributed by atoms with van der Waals surface area (Å²) in [6.45, 7) is 4.27. The summed E-state index contributed by atoms with van der Waals surface area (Å²) in [4.78, 5) is 3.99. The van der Waals surface area contributed by atoms with Crippen molar-refractivity contribution in [2.45, 2.75) is 13.8 Å². The van der Waals surface area contributed by atoms with Crippen molar-refractivity contribution in [1.82, 2.24) is 0 Å². The zero-order valence-corrected chi connectivity index (χ0v) is 7.06. The molecule has 0 N–H and O–H groups in total. The highest BCUT2D eigenvalue weighted by Gasteiger charge is 1.94. The van der Waals surface area contributed by atoms with E-state index in [4.69, 9.17) is 0 Å². The summed E-state index contributed by atoms with van der Waals surface area (Å²) in [7, 11) is 1.82. The van der Waals surface area contributed by atoms with Crippen molar-refractivity contribution in [3.63, 3.8) is 0 Å². The minimum absolute atomic E-state index is 0.602. The van der Waals surface area contributed by atoms with Crippen LogP contribution in [-0.4, -0.2) is 10.8 Å². The van der Waals surface area contributed by atoms with E-state index in [1.54, 1.807) is 0 Å². The Labute approximate surface area is 58.4 Å². The van der Waals surface area contributed by atoms with Crippen LogP contribution in [0.15, 0.2) is 4.99 Å². The molecule has 2 heteroatoms. The number of hydrogen-bond acceptors (Lipinski definition) is 1. The van der Waals surface area contributed by atoms with Crippen LogP contribution in [0.2, 0.25) is 0 Å². The molecule has 0 heterocycles. The van der Waals surface area contributed by atoms with Gasteiger partial charge in [0, 0.05) is 13.0 Å². The van der Waals surface area contributed by atoms with Crippen LogP contribution in [0.5, 0.6) is 0 Å². The van der Waals surface area contributed by atoms with Crippen LogP contribution in [0.3, 0.4) is 0 Å². The van der Waals surface area contributed by atoms with Gasteiger partial charge in [-0.1, -0.05) is 13.8 Å². The van der Waals surface area contributed by atoms with Crippen molar-refractivity contribution < 1.29 is 0 Å². The third-order valence-electron chi connectivity index (χ3n) is 0.690. The molecule has 0 aromatic rings. The molecule has 0 aliphatic rings. The zero-order chi connectivity index (χ0) is 5.86. The van der Waals surface area contributed by atoms with Gasteiger partial charge in [0.2, 0.25) is 0 Å². The number of hydrogen-bond donors (Lipinski definition) is 0. The Balaban J connectivity index is 3.56. The Morgan fingerprint density at radius 2 is 2.00 bits per heavy atom. The molecule has 0 fully saturated rings. The molecule has 0 aromatic carbocycles. The van der Waals surface area contributed by atoms with Crippen LogP contribution in [0.1, 0.15) is 13.8 Å². The first-order valence-corrected chi connectivity index (χ1v) is 3.38. The largest absolute Gasteiger partial charge is 0.286 e. The van der Waals surface area contributed by atoms with Crippen molar-refractivity contribution in [2.24, 2.45) is 10.9 Å². The average molecular weight is 211 g/mol. The van der Waals surface area contributed by atoms with Gasteiger partial charge in [-0.15, -0.1) is 0 Å². The smallest absolute Gasteiger partial charge is 0.0750 e. The second-order valence-electron chi connectivity index (χ2n) is 1.70. The van der Waals surface area contributed by atoms with Crippen molar-refractivity contribution >= 4 is 26.3 Å². The van der Waals surface area contributed by atoms with E-state index in [1.165, 1.54) is 3.72 Å². The van der Waals surface area contributed by atoms with Gasteiger partial charge in [0.15, 0.2) is 0 Å². The Hall–Kier alpha value is 0.400. The maximum absolute atomic E-state index is 3.99. The van der Waals surface area contributed by atoms with Gasteiger partial charge in [0.1, 0.15) is 0 Å². The molecule has 0 aromatic heterocycles. The molecule has 0 amide bonds. The van der Waals surface area contributed by atoms with Crippen LogP contribution in [0.25, 0.3) is 0 Å². The summed E-state index contributed by atoms with van der Waals surface area (Å²) in [5, 5.41) is 0. The first-order chi connectivity index (χ1) is 3.18. The molecule has 42 valence electrons. The average Bonchev–Trinajstić information content (AvgIpc) is 1.65. The van der Waals surface area contributed by atoms with Gasteiger partial charge >= 0.3 is 0 Å². The fraction of sp³-hybridized carbons (Fsp3) is 0.800. The molecule has 0 aliphatic heterocycles. The fourth-order valence-corrected chi connectivity index (χ4v) is 0.258. The van der Waals surface area contributed by atoms with E-state index in [-0.39, 0.29) is 0 Å². The van der Waals surface area contributed by atoms with Crippen LogP contribution in [0.4, 0.5) is 0 Å². The lowest BCUT2D eigenvalue weighted by molar-refractivity contribution is 0.902. The van der Waals surface area contributed by atoms with Crippen LogP contribution in [0, 0.1) is 5.92 Å². The normalized spacial score (nSPS) is 13.0. The molecular formula is C5H10IN. The third kappa shape index (κ3) is 3.02. The number of halogens is 1. The standard InChI is InChI=1S/C5H10IN/c1-4(2)5(6)7-3/h4H,1-3H3. The molecule has 0 unspecified atom stereocenters. The van der Waals surface area contributed by atoms with Crippen LogP contribution in [-0.2, 0) is 0 Å². The van der Waals surface area contributed by atoms with Crippen molar-refractivity contribution in [3.8, 4) is 0 Å². The molecule has 0 saturated heterocycles. The summed E-state index contributed by atoms with van der Waals surface area (Å²) in [6, 6.07) is 0. The molecule has 0 bridgehead atoms. The van der Waals surface area contributed by atoms with E-state index in [9.17, 15) is 0 Å². The van der Waals surface area contributed by atoms with Crippen molar-refractivity contribution in [3.05, 3.63) is 0 Å². The van der Waals surface area contributed by atoms with Gasteiger partial charge in [-0.05, 0) is 22.6 Å². The Morgan fingerprint density at radius 3 is 2.00 bits per heavy atom. The second-order valence-corrected chi connectivity index (χ2v) is 2.81. The monoisotopic (exact) mass is 211 g/mol. The number of aliphatic imine (C=N–C) groups is 1. The van der Waals surface area contributed by atoms with Gasteiger partial charge in [0.05, 0.1) is 3.72 Å². The molecule has 0 aliphatic carbocycles. The Bertz CT molecular complexity index is 76.1. The summed E-state index contributed by atoms with van der Waals surface area (Å²) in [5.74, 6) is 0.602. The van der Waals surface area contributed by atoms with Gasteiger partial charge < -0.3 is 0 Å². The summed E-state index contributed by atoms with van der Waals surface area (Å²) in [5.41, 5.74) is 0. The lowest BCUT2D eigenvalue weighted by atomic mass is 10.3. The maximum Gasteiger partial charge on any atom is 0.0750 e. The minimum Gasteiger partial charge on any atom is -0.286 e. The van der Waals surface area contributed by atoms with Gasteiger partial charge in [-0.25, -0.2) is 0 Å². The van der Waals surface area contributed by atoms with Crippen molar-refractivity contribution in [1.29, 1.82) is 0 Å². The van der Waals surface area contributed by atoms with E-state index >= 15 is 0 Å². The lowest BCUT2D eigenvalue weighted by Gasteiger charge is -1.96. The van der Waals surface area contributed by atoms with E-state index in [1.807, 2.05) is 7.05 Å². The second kappa shape index (κ2) is 3.41. The maximum atomic E-state index is 3.99. The van der Waals surface area contributed by atoms with E-state index < -0.39 is 0 Å². The Morgan fingerprint density at radius 1 is 1.57 bits per heavy atom. The first kappa shape index (κ1) is 7.40. The van der Waals surface area contributed by atoms with Crippen molar-refractivity contribution in [2.75, 3.05) is 7.05 Å².